The number of ether oxygens (including phenoxy) is 2. The third-order valence-electron chi connectivity index (χ3n) is 5.90. The second kappa shape index (κ2) is 11.1. The minimum Gasteiger partial charge on any atom is -0.508 e. The molecule has 0 aliphatic carbocycles. The standard InChI is InChI=1S/C26H27FN2O4.C2H6S/c1-15-6-7-16(27)12-22(15)33-14-20-18(19-9-8-17(30)13-23(19)32-5)10-11-21-24(20)29(4)25(31)26(2,3)28-21;1-2-3/h6-13,28,30H,14H2,1-5H3;3H,2H2,1H3. The Hall–Kier alpha value is -3.39. The molecule has 1 aliphatic rings. The predicted octanol–water partition coefficient (Wildman–Crippen LogP) is 6.20. The average molecular weight is 513 g/mol. The molecule has 1 amide bonds. The molecule has 36 heavy (non-hydrogen) atoms. The fourth-order valence-corrected chi connectivity index (χ4v) is 4.21. The van der Waals surface area contributed by atoms with Gasteiger partial charge < -0.3 is 24.8 Å². The zero-order chi connectivity index (χ0) is 26.6. The van der Waals surface area contributed by atoms with E-state index in [1.807, 2.05) is 39.8 Å². The van der Waals surface area contributed by atoms with E-state index in [0.717, 1.165) is 33.7 Å². The Morgan fingerprint density at radius 3 is 2.42 bits per heavy atom. The third-order valence-corrected chi connectivity index (χ3v) is 5.90. The van der Waals surface area contributed by atoms with E-state index in [9.17, 15) is 14.3 Å². The van der Waals surface area contributed by atoms with Crippen LogP contribution in [-0.2, 0) is 11.4 Å². The van der Waals surface area contributed by atoms with Gasteiger partial charge in [-0.2, -0.15) is 12.6 Å². The van der Waals surface area contributed by atoms with Gasteiger partial charge in [-0.3, -0.25) is 4.79 Å². The van der Waals surface area contributed by atoms with E-state index in [4.69, 9.17) is 9.47 Å². The first kappa shape index (κ1) is 27.2. The number of fused-ring (bicyclic) bond motifs is 1. The van der Waals surface area contributed by atoms with Crippen LogP contribution in [0.5, 0.6) is 17.2 Å². The monoisotopic (exact) mass is 512 g/mol. The van der Waals surface area contributed by atoms with Crippen LogP contribution in [0, 0.1) is 12.7 Å². The van der Waals surface area contributed by atoms with Crippen LogP contribution in [0.3, 0.4) is 0 Å². The SMILES string of the molecule is CCS.COc1cc(O)ccc1-c1ccc2c(c1COc1cc(F)ccc1C)N(C)C(=O)C(C)(C)N2. The molecule has 6 nitrogen and oxygen atoms in total. The Labute approximate surface area is 217 Å². The smallest absolute Gasteiger partial charge is 0.251 e. The highest BCUT2D eigenvalue weighted by Crippen LogP contribution is 2.44. The zero-order valence-electron chi connectivity index (χ0n) is 21.5. The fourth-order valence-electron chi connectivity index (χ4n) is 4.21. The van der Waals surface area contributed by atoms with Crippen LogP contribution < -0.4 is 19.7 Å². The van der Waals surface area contributed by atoms with Gasteiger partial charge in [-0.1, -0.05) is 19.1 Å². The lowest BCUT2D eigenvalue weighted by Gasteiger charge is -2.39. The summed E-state index contributed by atoms with van der Waals surface area (Å²) in [7, 11) is 3.27. The molecule has 1 aliphatic heterocycles. The van der Waals surface area contributed by atoms with Crippen LogP contribution >= 0.6 is 12.6 Å². The summed E-state index contributed by atoms with van der Waals surface area (Å²) in [6.07, 6.45) is 0. The number of methoxy groups -OCH3 is 1. The van der Waals surface area contributed by atoms with Crippen molar-refractivity contribution in [1.29, 1.82) is 0 Å². The van der Waals surface area contributed by atoms with Crippen molar-refractivity contribution in [2.75, 3.05) is 30.1 Å². The number of hydrogen-bond donors (Lipinski definition) is 3. The number of carbonyl (C=O) groups excluding carboxylic acids is 1. The number of nitrogens with one attached hydrogen (secondary N) is 1. The summed E-state index contributed by atoms with van der Waals surface area (Å²) in [4.78, 5) is 14.7. The number of thiol groups is 1. The number of amides is 1. The first-order valence-electron chi connectivity index (χ1n) is 11.6. The summed E-state index contributed by atoms with van der Waals surface area (Å²) in [6.45, 7) is 7.59. The van der Waals surface area contributed by atoms with Crippen LogP contribution in [0.25, 0.3) is 11.1 Å². The van der Waals surface area contributed by atoms with Crippen molar-refractivity contribution < 1.29 is 23.8 Å². The van der Waals surface area contributed by atoms with Gasteiger partial charge in [0.1, 0.15) is 35.2 Å². The molecule has 3 aromatic rings. The summed E-state index contributed by atoms with van der Waals surface area (Å²) in [5.41, 5.74) is 3.75. The number of halogens is 1. The lowest BCUT2D eigenvalue weighted by Crippen LogP contribution is -2.52. The van der Waals surface area contributed by atoms with Crippen molar-refractivity contribution in [3.63, 3.8) is 0 Å². The highest BCUT2D eigenvalue weighted by molar-refractivity contribution is 7.80. The van der Waals surface area contributed by atoms with Gasteiger partial charge in [-0.25, -0.2) is 4.39 Å². The van der Waals surface area contributed by atoms with Crippen LogP contribution in [0.15, 0.2) is 48.5 Å². The third kappa shape index (κ3) is 5.54. The molecule has 0 spiro atoms. The second-order valence-electron chi connectivity index (χ2n) is 9.00. The molecule has 2 N–H and O–H groups in total. The van der Waals surface area contributed by atoms with E-state index in [2.05, 4.69) is 17.9 Å². The quantitative estimate of drug-likeness (QED) is 0.355. The Morgan fingerprint density at radius 1 is 1.08 bits per heavy atom. The number of rotatable bonds is 5. The van der Waals surface area contributed by atoms with Gasteiger partial charge >= 0.3 is 0 Å². The number of phenolic OH excluding ortho intramolecular Hbond substituents is 1. The maximum Gasteiger partial charge on any atom is 0.251 e. The summed E-state index contributed by atoms with van der Waals surface area (Å²) in [6, 6.07) is 13.1. The summed E-state index contributed by atoms with van der Waals surface area (Å²) in [5.74, 6) is 1.46. The molecule has 0 fully saturated rings. The van der Waals surface area contributed by atoms with Crippen LogP contribution in [-0.4, -0.2) is 36.5 Å². The first-order valence-corrected chi connectivity index (χ1v) is 12.3. The number of aryl methyl sites for hydroxylation is 1. The number of likely N-dealkylation sites (N-methyl/N-ethyl adjacent to an activating group) is 1. The highest BCUT2D eigenvalue weighted by atomic mass is 32.1. The van der Waals surface area contributed by atoms with Gasteiger partial charge in [0.05, 0.1) is 18.5 Å². The highest BCUT2D eigenvalue weighted by Gasteiger charge is 2.38. The Kier molecular flexibility index (Phi) is 8.40. The molecule has 0 atom stereocenters. The van der Waals surface area contributed by atoms with Crippen molar-refractivity contribution in [3.05, 3.63) is 65.5 Å². The van der Waals surface area contributed by atoms with E-state index in [-0.39, 0.29) is 24.1 Å². The van der Waals surface area contributed by atoms with E-state index in [1.54, 1.807) is 30.1 Å². The van der Waals surface area contributed by atoms with Gasteiger partial charge in [0, 0.05) is 30.3 Å². The summed E-state index contributed by atoms with van der Waals surface area (Å²) in [5, 5.41) is 13.2. The molecule has 0 saturated heterocycles. The number of carbonyl (C=O) groups is 1. The Bertz CT molecular complexity index is 1260. The van der Waals surface area contributed by atoms with Gasteiger partial charge in [0.2, 0.25) is 0 Å². The molecule has 0 bridgehead atoms. The minimum absolute atomic E-state index is 0.0810. The average Bonchev–Trinajstić information content (AvgIpc) is 2.83. The van der Waals surface area contributed by atoms with Gasteiger partial charge in [0.25, 0.3) is 5.91 Å². The lowest BCUT2D eigenvalue weighted by atomic mass is 9.91. The maximum atomic E-state index is 13.8. The lowest BCUT2D eigenvalue weighted by molar-refractivity contribution is -0.121. The molecule has 0 saturated carbocycles. The number of benzene rings is 3. The fraction of sp³-hybridized carbons (Fsp3) is 0.321. The van der Waals surface area contributed by atoms with Crippen molar-refractivity contribution in [3.8, 4) is 28.4 Å². The first-order chi connectivity index (χ1) is 17.0. The predicted molar refractivity (Wildman–Crippen MR) is 146 cm³/mol. The van der Waals surface area contributed by atoms with Crippen molar-refractivity contribution in [2.24, 2.45) is 0 Å². The Balaban J connectivity index is 0.00000115. The van der Waals surface area contributed by atoms with Crippen molar-refractivity contribution in [1.82, 2.24) is 0 Å². The largest absolute Gasteiger partial charge is 0.508 e. The normalized spacial score (nSPS) is 13.8. The topological polar surface area (TPSA) is 71.0 Å². The molecular formula is C28H33FN2O4S. The molecule has 0 unspecified atom stereocenters. The van der Waals surface area contributed by atoms with Gasteiger partial charge in [-0.05, 0) is 61.9 Å². The van der Waals surface area contributed by atoms with Crippen LogP contribution in [0.2, 0.25) is 0 Å². The molecule has 3 aromatic carbocycles. The minimum atomic E-state index is -0.767. The van der Waals surface area contributed by atoms with E-state index in [1.165, 1.54) is 25.3 Å². The van der Waals surface area contributed by atoms with E-state index >= 15 is 0 Å². The number of aromatic hydroxyl groups is 1. The number of nitrogens with zero attached hydrogens (tertiary/aromatic N) is 1. The van der Waals surface area contributed by atoms with Crippen LogP contribution in [0.1, 0.15) is 31.9 Å². The molecule has 4 rings (SSSR count). The number of hydrogen-bond acceptors (Lipinski definition) is 6. The molecule has 0 aromatic heterocycles. The van der Waals surface area contributed by atoms with Gasteiger partial charge in [0.15, 0.2) is 0 Å². The zero-order valence-corrected chi connectivity index (χ0v) is 22.4. The summed E-state index contributed by atoms with van der Waals surface area (Å²) >= 11 is 3.79. The van der Waals surface area contributed by atoms with Crippen molar-refractivity contribution >= 4 is 29.9 Å². The molecular weight excluding hydrogens is 479 g/mol. The summed E-state index contributed by atoms with van der Waals surface area (Å²) < 4.78 is 25.4. The Morgan fingerprint density at radius 2 is 1.75 bits per heavy atom. The van der Waals surface area contributed by atoms with E-state index in [0.29, 0.717) is 17.2 Å². The van der Waals surface area contributed by atoms with Crippen LogP contribution in [0.4, 0.5) is 15.8 Å². The molecule has 8 heteroatoms. The molecule has 1 heterocycles. The van der Waals surface area contributed by atoms with Crippen molar-refractivity contribution in [2.45, 2.75) is 39.8 Å². The number of anilines is 2. The molecule has 0 radical (unpaired) electrons. The maximum absolute atomic E-state index is 13.8. The van der Waals surface area contributed by atoms with Gasteiger partial charge in [-0.15, -0.1) is 0 Å². The second-order valence-corrected chi connectivity index (χ2v) is 9.63. The number of phenols is 1. The van der Waals surface area contributed by atoms with E-state index < -0.39 is 5.54 Å². The molecule has 192 valence electrons.